The highest BCUT2D eigenvalue weighted by Gasteiger charge is 2.11. The highest BCUT2D eigenvalue weighted by atomic mass is 16.5. The topological polar surface area (TPSA) is 44.1 Å². The van der Waals surface area contributed by atoms with Crippen molar-refractivity contribution in [1.29, 1.82) is 0 Å². The summed E-state index contributed by atoms with van der Waals surface area (Å²) in [6, 6.07) is 7.72. The van der Waals surface area contributed by atoms with Gasteiger partial charge in [-0.3, -0.25) is 9.48 Å². The molecule has 0 amide bonds. The Bertz CT molecular complexity index is 573. The van der Waals surface area contributed by atoms with Gasteiger partial charge in [0.2, 0.25) is 0 Å². The summed E-state index contributed by atoms with van der Waals surface area (Å²) in [5.41, 5.74) is 2.91. The fourth-order valence-electron chi connectivity index (χ4n) is 1.99. The predicted molar refractivity (Wildman–Crippen MR) is 69.6 cm³/mol. The number of benzene rings is 1. The first-order valence-corrected chi connectivity index (χ1v) is 5.76. The van der Waals surface area contributed by atoms with Crippen LogP contribution in [0.2, 0.25) is 0 Å². The Balaban J connectivity index is 2.49. The van der Waals surface area contributed by atoms with Gasteiger partial charge in [-0.25, -0.2) is 0 Å². The van der Waals surface area contributed by atoms with Gasteiger partial charge in [0.25, 0.3) is 0 Å². The summed E-state index contributed by atoms with van der Waals surface area (Å²) in [6.07, 6.45) is 2.18. The number of Topliss-reactive ketones (excluding diaryl/α,β-unsaturated/α-hetero) is 1. The summed E-state index contributed by atoms with van der Waals surface area (Å²) in [4.78, 5) is 11.2. The molecule has 0 radical (unpaired) electrons. The molecule has 4 nitrogen and oxygen atoms in total. The van der Waals surface area contributed by atoms with E-state index in [4.69, 9.17) is 4.74 Å². The molecule has 0 aliphatic heterocycles. The Morgan fingerprint density at radius 1 is 1.39 bits per heavy atom. The van der Waals surface area contributed by atoms with Gasteiger partial charge in [-0.15, -0.1) is 0 Å². The van der Waals surface area contributed by atoms with E-state index in [1.165, 1.54) is 0 Å². The molecular formula is C14H16N2O2. The lowest BCUT2D eigenvalue weighted by Gasteiger charge is -2.10. The van der Waals surface area contributed by atoms with Crippen LogP contribution in [0, 0.1) is 0 Å². The molecule has 0 aliphatic carbocycles. The first-order chi connectivity index (χ1) is 8.61. The third-order valence-corrected chi connectivity index (χ3v) is 2.81. The maximum absolute atomic E-state index is 11.2. The molecule has 18 heavy (non-hydrogen) atoms. The second-order valence-corrected chi connectivity index (χ2v) is 4.25. The number of ether oxygens (including phenoxy) is 1. The fourth-order valence-corrected chi connectivity index (χ4v) is 1.99. The minimum atomic E-state index is 0.149. The molecule has 0 fully saturated rings. The molecule has 1 heterocycles. The summed E-state index contributed by atoms with van der Waals surface area (Å²) in [6.45, 7) is 1.59. The summed E-state index contributed by atoms with van der Waals surface area (Å²) < 4.78 is 7.15. The standard InChI is InChI=1S/C14H16N2O2/c1-10(17)8-11-4-5-14(18-3)12(9-11)13-6-7-15-16(13)2/h4-7,9H,8H2,1-3H3. The lowest BCUT2D eigenvalue weighted by Crippen LogP contribution is -2.00. The van der Waals surface area contributed by atoms with Crippen LogP contribution in [0.25, 0.3) is 11.3 Å². The van der Waals surface area contributed by atoms with Gasteiger partial charge in [-0.2, -0.15) is 5.10 Å². The summed E-state index contributed by atoms with van der Waals surface area (Å²) in [7, 11) is 3.52. The van der Waals surface area contributed by atoms with Crippen LogP contribution in [0.1, 0.15) is 12.5 Å². The minimum absolute atomic E-state index is 0.149. The smallest absolute Gasteiger partial charge is 0.134 e. The molecule has 2 aromatic rings. The number of hydrogen-bond acceptors (Lipinski definition) is 3. The molecule has 0 saturated carbocycles. The van der Waals surface area contributed by atoms with Gasteiger partial charge in [0.1, 0.15) is 11.5 Å². The number of aryl methyl sites for hydroxylation is 1. The largest absolute Gasteiger partial charge is 0.496 e. The molecule has 0 bridgehead atoms. The van der Waals surface area contributed by atoms with Gasteiger partial charge < -0.3 is 4.74 Å². The van der Waals surface area contributed by atoms with E-state index in [1.807, 2.05) is 31.3 Å². The van der Waals surface area contributed by atoms with Crippen LogP contribution in [0.5, 0.6) is 5.75 Å². The van der Waals surface area contributed by atoms with Crippen molar-refractivity contribution in [3.63, 3.8) is 0 Å². The number of methoxy groups -OCH3 is 1. The van der Waals surface area contributed by atoms with Crippen LogP contribution in [0.3, 0.4) is 0 Å². The van der Waals surface area contributed by atoms with Crippen molar-refractivity contribution in [2.24, 2.45) is 7.05 Å². The zero-order chi connectivity index (χ0) is 13.1. The van der Waals surface area contributed by atoms with Crippen LogP contribution in [0.15, 0.2) is 30.5 Å². The van der Waals surface area contributed by atoms with E-state index in [0.29, 0.717) is 6.42 Å². The minimum Gasteiger partial charge on any atom is -0.496 e. The Hall–Kier alpha value is -2.10. The second-order valence-electron chi connectivity index (χ2n) is 4.25. The van der Waals surface area contributed by atoms with E-state index in [-0.39, 0.29) is 5.78 Å². The van der Waals surface area contributed by atoms with Crippen molar-refractivity contribution in [2.45, 2.75) is 13.3 Å². The molecule has 0 unspecified atom stereocenters. The normalized spacial score (nSPS) is 10.4. The fraction of sp³-hybridized carbons (Fsp3) is 0.286. The van der Waals surface area contributed by atoms with Crippen molar-refractivity contribution < 1.29 is 9.53 Å². The maximum Gasteiger partial charge on any atom is 0.134 e. The molecular weight excluding hydrogens is 228 g/mol. The van der Waals surface area contributed by atoms with Crippen LogP contribution in [-0.4, -0.2) is 22.7 Å². The van der Waals surface area contributed by atoms with Crippen molar-refractivity contribution in [1.82, 2.24) is 9.78 Å². The Morgan fingerprint density at radius 3 is 2.72 bits per heavy atom. The van der Waals surface area contributed by atoms with Crippen LogP contribution in [0.4, 0.5) is 0 Å². The molecule has 0 atom stereocenters. The Labute approximate surface area is 106 Å². The molecule has 1 aromatic heterocycles. The van der Waals surface area contributed by atoms with E-state index in [9.17, 15) is 4.79 Å². The van der Waals surface area contributed by atoms with Crippen molar-refractivity contribution >= 4 is 5.78 Å². The van der Waals surface area contributed by atoms with Crippen molar-refractivity contribution in [2.75, 3.05) is 7.11 Å². The number of nitrogens with zero attached hydrogens (tertiary/aromatic N) is 2. The van der Waals surface area contributed by atoms with E-state index in [1.54, 1.807) is 24.9 Å². The van der Waals surface area contributed by atoms with Crippen molar-refractivity contribution in [3.05, 3.63) is 36.0 Å². The first-order valence-electron chi connectivity index (χ1n) is 5.76. The lowest BCUT2D eigenvalue weighted by molar-refractivity contribution is -0.116. The number of hydrogen-bond donors (Lipinski definition) is 0. The third kappa shape index (κ3) is 2.42. The quantitative estimate of drug-likeness (QED) is 0.828. The summed E-state index contributed by atoms with van der Waals surface area (Å²) in [5.74, 6) is 0.932. The molecule has 2 rings (SSSR count). The summed E-state index contributed by atoms with van der Waals surface area (Å²) >= 11 is 0. The van der Waals surface area contributed by atoms with Gasteiger partial charge >= 0.3 is 0 Å². The molecule has 1 aromatic carbocycles. The number of aromatic nitrogens is 2. The maximum atomic E-state index is 11.2. The highest BCUT2D eigenvalue weighted by Crippen LogP contribution is 2.30. The Morgan fingerprint density at radius 2 is 2.17 bits per heavy atom. The van der Waals surface area contributed by atoms with E-state index in [0.717, 1.165) is 22.6 Å². The number of carbonyl (C=O) groups is 1. The predicted octanol–water partition coefficient (Wildman–Crippen LogP) is 2.23. The molecule has 0 N–H and O–H groups in total. The molecule has 4 heteroatoms. The lowest BCUT2D eigenvalue weighted by atomic mass is 10.0. The average Bonchev–Trinajstić information content (AvgIpc) is 2.74. The molecule has 0 aliphatic rings. The van der Waals surface area contributed by atoms with Gasteiger partial charge in [0.05, 0.1) is 12.8 Å². The van der Waals surface area contributed by atoms with Gasteiger partial charge in [-0.05, 0) is 30.7 Å². The molecule has 0 saturated heterocycles. The van der Waals surface area contributed by atoms with Crippen LogP contribution < -0.4 is 4.74 Å². The van der Waals surface area contributed by atoms with E-state index in [2.05, 4.69) is 5.10 Å². The van der Waals surface area contributed by atoms with Crippen LogP contribution in [-0.2, 0) is 18.3 Å². The second kappa shape index (κ2) is 5.04. The van der Waals surface area contributed by atoms with E-state index < -0.39 is 0 Å². The number of rotatable bonds is 4. The Kier molecular flexibility index (Phi) is 3.46. The molecule has 94 valence electrons. The highest BCUT2D eigenvalue weighted by molar-refractivity contribution is 5.79. The SMILES string of the molecule is COc1ccc(CC(C)=O)cc1-c1ccnn1C. The monoisotopic (exact) mass is 244 g/mol. The number of carbonyl (C=O) groups excluding carboxylic acids is 1. The first kappa shape index (κ1) is 12.4. The van der Waals surface area contributed by atoms with Crippen LogP contribution >= 0.6 is 0 Å². The van der Waals surface area contributed by atoms with Gasteiger partial charge in [0, 0.05) is 25.2 Å². The average molecular weight is 244 g/mol. The van der Waals surface area contributed by atoms with Gasteiger partial charge in [-0.1, -0.05) is 6.07 Å². The zero-order valence-corrected chi connectivity index (χ0v) is 10.8. The third-order valence-electron chi connectivity index (χ3n) is 2.81. The van der Waals surface area contributed by atoms with E-state index >= 15 is 0 Å². The number of ketones is 1. The van der Waals surface area contributed by atoms with Crippen molar-refractivity contribution in [3.8, 4) is 17.0 Å². The van der Waals surface area contributed by atoms with Gasteiger partial charge in [0.15, 0.2) is 0 Å². The summed E-state index contributed by atoms with van der Waals surface area (Å²) in [5, 5.41) is 4.15. The zero-order valence-electron chi connectivity index (χ0n) is 10.8. The molecule has 0 spiro atoms.